The largest absolute Gasteiger partial charge is 0.505 e. The molecular formula is C22H22N4O4. The van der Waals surface area contributed by atoms with Crippen LogP contribution in [0.15, 0.2) is 65.4 Å². The number of carboxylic acid groups (broad SMARTS) is 1. The van der Waals surface area contributed by atoms with Crippen LogP contribution in [0.5, 0.6) is 0 Å². The quantitative estimate of drug-likeness (QED) is 0.546. The molecule has 0 atom stereocenters. The average molecular weight is 406 g/mol. The van der Waals surface area contributed by atoms with E-state index in [2.05, 4.69) is 15.7 Å². The first-order chi connectivity index (χ1) is 14.5. The number of carboxylic acids is 1. The van der Waals surface area contributed by atoms with Crippen molar-refractivity contribution in [1.29, 1.82) is 0 Å². The molecule has 2 aromatic carbocycles. The third-order valence-corrected chi connectivity index (χ3v) is 4.40. The molecule has 1 aliphatic heterocycles. The number of allylic oxidation sites excluding steroid dienone is 1. The molecular weight excluding hydrogens is 384 g/mol. The Morgan fingerprint density at radius 3 is 2.43 bits per heavy atom. The van der Waals surface area contributed by atoms with Crippen LogP contribution in [0.25, 0.3) is 11.5 Å². The number of nitrogens with one attached hydrogen (secondary N) is 2. The lowest BCUT2D eigenvalue weighted by Gasteiger charge is -2.31. The second-order valence-corrected chi connectivity index (χ2v) is 6.38. The standard InChI is InChI=1S/C22H22N4O4/c1-3-18-17-12-15(25-14-8-6-5-7-9-14)10-11-16(17)21(29)20(26(18)24-4-2)22(30)23-13-19(27)28/h3-12,25,29H,13H2,1-2H3,(H,23,30)(H,27,28)/b18-3+,24-4-. The van der Waals surface area contributed by atoms with Crippen LogP contribution in [-0.4, -0.2) is 39.9 Å². The molecule has 0 aromatic heterocycles. The zero-order valence-corrected chi connectivity index (χ0v) is 16.6. The van der Waals surface area contributed by atoms with E-state index in [1.165, 1.54) is 11.2 Å². The van der Waals surface area contributed by atoms with Crippen LogP contribution in [0.3, 0.4) is 0 Å². The Labute approximate surface area is 173 Å². The summed E-state index contributed by atoms with van der Waals surface area (Å²) < 4.78 is 0. The summed E-state index contributed by atoms with van der Waals surface area (Å²) in [6, 6.07) is 15.0. The normalized spacial score (nSPS) is 14.7. The molecule has 1 heterocycles. The van der Waals surface area contributed by atoms with Crippen molar-refractivity contribution in [2.24, 2.45) is 5.10 Å². The summed E-state index contributed by atoms with van der Waals surface area (Å²) in [5, 5.41) is 30.8. The van der Waals surface area contributed by atoms with E-state index < -0.39 is 18.4 Å². The smallest absolute Gasteiger partial charge is 0.322 e. The summed E-state index contributed by atoms with van der Waals surface area (Å²) in [7, 11) is 0. The topological polar surface area (TPSA) is 114 Å². The molecule has 0 radical (unpaired) electrons. The second kappa shape index (κ2) is 8.95. The Bertz CT molecular complexity index is 1060. The number of aliphatic hydroxyl groups is 1. The second-order valence-electron chi connectivity index (χ2n) is 6.38. The molecule has 0 aliphatic carbocycles. The molecule has 0 spiro atoms. The number of para-hydroxylation sites is 1. The third kappa shape index (κ3) is 4.17. The minimum atomic E-state index is -1.19. The van der Waals surface area contributed by atoms with Gasteiger partial charge < -0.3 is 20.8 Å². The van der Waals surface area contributed by atoms with Crippen molar-refractivity contribution < 1.29 is 19.8 Å². The van der Waals surface area contributed by atoms with Gasteiger partial charge in [-0.1, -0.05) is 24.3 Å². The molecule has 0 saturated heterocycles. The zero-order chi connectivity index (χ0) is 21.7. The minimum Gasteiger partial charge on any atom is -0.505 e. The fourth-order valence-electron chi connectivity index (χ4n) is 3.15. The monoisotopic (exact) mass is 406 g/mol. The number of rotatable bonds is 6. The number of carbonyl (C=O) groups excluding carboxylic acids is 1. The Balaban J connectivity index is 2.07. The summed E-state index contributed by atoms with van der Waals surface area (Å²) in [5.41, 5.74) is 3.27. The van der Waals surface area contributed by atoms with Crippen molar-refractivity contribution >= 4 is 40.9 Å². The molecule has 3 rings (SSSR count). The predicted molar refractivity (Wildman–Crippen MR) is 116 cm³/mol. The molecule has 1 aliphatic rings. The molecule has 8 nitrogen and oxygen atoms in total. The van der Waals surface area contributed by atoms with E-state index in [0.29, 0.717) is 16.8 Å². The zero-order valence-electron chi connectivity index (χ0n) is 16.6. The number of benzene rings is 2. The molecule has 154 valence electrons. The first kappa shape index (κ1) is 20.7. The van der Waals surface area contributed by atoms with Crippen LogP contribution in [0.4, 0.5) is 11.4 Å². The summed E-state index contributed by atoms with van der Waals surface area (Å²) in [6.45, 7) is 2.90. The van der Waals surface area contributed by atoms with Crippen molar-refractivity contribution in [1.82, 2.24) is 10.3 Å². The molecule has 30 heavy (non-hydrogen) atoms. The van der Waals surface area contributed by atoms with E-state index in [1.807, 2.05) is 36.4 Å². The number of aliphatic hydroxyl groups excluding tert-OH is 1. The number of anilines is 2. The third-order valence-electron chi connectivity index (χ3n) is 4.40. The van der Waals surface area contributed by atoms with Gasteiger partial charge in [-0.25, -0.2) is 5.01 Å². The van der Waals surface area contributed by atoms with Crippen molar-refractivity contribution in [2.45, 2.75) is 13.8 Å². The fourth-order valence-corrected chi connectivity index (χ4v) is 3.15. The number of hydrogen-bond acceptors (Lipinski definition) is 6. The minimum absolute atomic E-state index is 0.140. The van der Waals surface area contributed by atoms with Gasteiger partial charge in [-0.3, -0.25) is 9.59 Å². The van der Waals surface area contributed by atoms with Crippen LogP contribution in [-0.2, 0) is 9.59 Å². The van der Waals surface area contributed by atoms with Crippen LogP contribution >= 0.6 is 0 Å². The van der Waals surface area contributed by atoms with Gasteiger partial charge in [0.05, 0.1) is 5.70 Å². The van der Waals surface area contributed by atoms with Gasteiger partial charge in [0.25, 0.3) is 5.91 Å². The van der Waals surface area contributed by atoms with E-state index in [4.69, 9.17) is 5.11 Å². The highest BCUT2D eigenvalue weighted by Gasteiger charge is 2.33. The molecule has 0 fully saturated rings. The first-order valence-corrected chi connectivity index (χ1v) is 9.31. The Morgan fingerprint density at radius 1 is 1.07 bits per heavy atom. The number of nitrogens with zero attached hydrogens (tertiary/aromatic N) is 2. The molecule has 0 unspecified atom stereocenters. The maximum atomic E-state index is 12.6. The molecule has 4 N–H and O–H groups in total. The summed E-state index contributed by atoms with van der Waals surface area (Å²) in [6.07, 6.45) is 3.26. The van der Waals surface area contributed by atoms with Crippen molar-refractivity contribution in [3.05, 3.63) is 71.4 Å². The van der Waals surface area contributed by atoms with E-state index in [0.717, 1.165) is 11.4 Å². The van der Waals surface area contributed by atoms with Crippen LogP contribution in [0.1, 0.15) is 25.0 Å². The number of fused-ring (bicyclic) bond motifs is 1. The highest BCUT2D eigenvalue weighted by atomic mass is 16.4. The van der Waals surface area contributed by atoms with Gasteiger partial charge in [-0.05, 0) is 44.2 Å². The Morgan fingerprint density at radius 2 is 1.80 bits per heavy atom. The van der Waals surface area contributed by atoms with Crippen LogP contribution < -0.4 is 10.6 Å². The van der Waals surface area contributed by atoms with E-state index in [-0.39, 0.29) is 11.5 Å². The van der Waals surface area contributed by atoms with Crippen LogP contribution in [0, 0.1) is 0 Å². The van der Waals surface area contributed by atoms with Crippen molar-refractivity contribution in [3.63, 3.8) is 0 Å². The van der Waals surface area contributed by atoms with Gasteiger partial charge in [0.1, 0.15) is 6.54 Å². The van der Waals surface area contributed by atoms with E-state index in [9.17, 15) is 14.7 Å². The lowest BCUT2D eigenvalue weighted by molar-refractivity contribution is -0.137. The van der Waals surface area contributed by atoms with Gasteiger partial charge in [-0.15, -0.1) is 0 Å². The highest BCUT2D eigenvalue weighted by Crippen LogP contribution is 2.39. The van der Waals surface area contributed by atoms with Crippen molar-refractivity contribution in [2.75, 3.05) is 11.9 Å². The number of hydrogen-bond donors (Lipinski definition) is 4. The maximum Gasteiger partial charge on any atom is 0.322 e. The lowest BCUT2D eigenvalue weighted by atomic mass is 9.96. The number of amides is 1. The van der Waals surface area contributed by atoms with Gasteiger partial charge >= 0.3 is 5.97 Å². The van der Waals surface area contributed by atoms with Crippen LogP contribution in [0.2, 0.25) is 0 Å². The predicted octanol–water partition coefficient (Wildman–Crippen LogP) is 3.54. The highest BCUT2D eigenvalue weighted by molar-refractivity contribution is 6.04. The first-order valence-electron chi connectivity index (χ1n) is 9.31. The van der Waals surface area contributed by atoms with Gasteiger partial charge in [0.2, 0.25) is 0 Å². The molecule has 0 bridgehead atoms. The molecule has 8 heteroatoms. The SMILES string of the molecule is C/C=N\N1C(C(=O)NCC(=O)O)=C(O)c2ccc(Nc3ccccc3)cc2/C1=C\C. The number of hydrazone groups is 1. The summed E-state index contributed by atoms with van der Waals surface area (Å²) in [5.74, 6) is -2.21. The summed E-state index contributed by atoms with van der Waals surface area (Å²) >= 11 is 0. The Hall–Kier alpha value is -4.07. The number of aliphatic carboxylic acids is 1. The molecule has 2 aromatic rings. The lowest BCUT2D eigenvalue weighted by Crippen LogP contribution is -2.37. The molecule has 1 amide bonds. The number of carbonyl (C=O) groups is 2. The van der Waals surface area contributed by atoms with Gasteiger partial charge in [-0.2, -0.15) is 5.10 Å². The Kier molecular flexibility index (Phi) is 6.17. The summed E-state index contributed by atoms with van der Waals surface area (Å²) in [4.78, 5) is 23.5. The maximum absolute atomic E-state index is 12.6. The average Bonchev–Trinajstić information content (AvgIpc) is 2.73. The van der Waals surface area contributed by atoms with Gasteiger partial charge in [0.15, 0.2) is 11.5 Å². The fraction of sp³-hybridized carbons (Fsp3) is 0.136. The van der Waals surface area contributed by atoms with E-state index in [1.54, 1.807) is 32.1 Å². The van der Waals surface area contributed by atoms with Crippen molar-refractivity contribution in [3.8, 4) is 0 Å². The van der Waals surface area contributed by atoms with E-state index >= 15 is 0 Å². The van der Waals surface area contributed by atoms with Gasteiger partial charge in [0, 0.05) is 28.7 Å². The molecule has 0 saturated carbocycles.